The number of hydrogen-bond donors (Lipinski definition) is 1. The van der Waals surface area contributed by atoms with Gasteiger partial charge in [0.05, 0.1) is 6.61 Å². The molecule has 70 valence electrons. The summed E-state index contributed by atoms with van der Waals surface area (Å²) in [5.74, 6) is 0. The molecular weight excluding hydrogens is 158 g/mol. The molecule has 0 aliphatic heterocycles. The fourth-order valence-corrected chi connectivity index (χ4v) is 0.873. The molecule has 1 N–H and O–H groups in total. The average Bonchev–Trinajstić information content (AvgIpc) is 2.10. The van der Waals surface area contributed by atoms with Crippen molar-refractivity contribution in [3.8, 4) is 0 Å². The molecule has 0 rings (SSSR count). The van der Waals surface area contributed by atoms with Gasteiger partial charge in [0.2, 0.25) is 6.41 Å². The number of nitrogens with one attached hydrogen (secondary N) is 1. The predicted octanol–water partition coefficient (Wildman–Crippen LogP) is 0.466. The monoisotopic (exact) mass is 173 g/mol. The number of hydrogen-bond acceptors (Lipinski definition) is 3. The van der Waals surface area contributed by atoms with Crippen LogP contribution in [0, 0.1) is 0 Å². The van der Waals surface area contributed by atoms with Crippen molar-refractivity contribution < 1.29 is 14.3 Å². The van der Waals surface area contributed by atoms with Gasteiger partial charge in [0.25, 0.3) is 6.47 Å². The summed E-state index contributed by atoms with van der Waals surface area (Å²) in [5.41, 5.74) is 0. The molecule has 4 heteroatoms. The second-order valence-corrected chi connectivity index (χ2v) is 2.45. The highest BCUT2D eigenvalue weighted by atomic mass is 16.5. The largest absolute Gasteiger partial charge is 0.468 e. The zero-order valence-corrected chi connectivity index (χ0v) is 7.12. The number of ether oxygens (including phenoxy) is 1. The number of carbonyl (C=O) groups is 2. The van der Waals surface area contributed by atoms with Crippen LogP contribution in [0.4, 0.5) is 0 Å². The molecule has 0 aromatic rings. The quantitative estimate of drug-likeness (QED) is 0.407. The summed E-state index contributed by atoms with van der Waals surface area (Å²) < 4.78 is 4.51. The van der Waals surface area contributed by atoms with E-state index in [4.69, 9.17) is 0 Å². The van der Waals surface area contributed by atoms with Crippen molar-refractivity contribution in [3.05, 3.63) is 0 Å². The third kappa shape index (κ3) is 8.94. The van der Waals surface area contributed by atoms with E-state index in [1.165, 1.54) is 0 Å². The van der Waals surface area contributed by atoms with Crippen molar-refractivity contribution in [2.24, 2.45) is 0 Å². The molecule has 4 nitrogen and oxygen atoms in total. The molecule has 0 spiro atoms. The molecule has 0 aliphatic rings. The SMILES string of the molecule is O=CNCCCCCCOC=O. The van der Waals surface area contributed by atoms with Crippen LogP contribution in [-0.2, 0) is 14.3 Å². The van der Waals surface area contributed by atoms with Crippen LogP contribution in [-0.4, -0.2) is 26.0 Å². The van der Waals surface area contributed by atoms with Crippen LogP contribution < -0.4 is 5.32 Å². The third-order valence-corrected chi connectivity index (χ3v) is 1.48. The first-order valence-electron chi connectivity index (χ1n) is 4.14. The lowest BCUT2D eigenvalue weighted by Gasteiger charge is -1.99. The molecule has 0 heterocycles. The molecule has 0 radical (unpaired) electrons. The normalized spacial score (nSPS) is 9.00. The van der Waals surface area contributed by atoms with Crippen LogP contribution >= 0.6 is 0 Å². The Hall–Kier alpha value is -1.06. The minimum Gasteiger partial charge on any atom is -0.468 e. The van der Waals surface area contributed by atoms with E-state index in [2.05, 4.69) is 10.1 Å². The van der Waals surface area contributed by atoms with E-state index in [-0.39, 0.29) is 0 Å². The first-order chi connectivity index (χ1) is 5.91. The topological polar surface area (TPSA) is 55.4 Å². The van der Waals surface area contributed by atoms with Gasteiger partial charge in [-0.05, 0) is 19.3 Å². The minimum absolute atomic E-state index is 0.466. The van der Waals surface area contributed by atoms with Crippen LogP contribution in [0.5, 0.6) is 0 Å². The Kier molecular flexibility index (Phi) is 9.06. The number of rotatable bonds is 9. The molecular formula is C8H15NO3. The van der Waals surface area contributed by atoms with E-state index in [1.807, 2.05) is 0 Å². The molecule has 1 amide bonds. The summed E-state index contributed by atoms with van der Waals surface area (Å²) in [6.45, 7) is 1.70. The first-order valence-corrected chi connectivity index (χ1v) is 4.14. The average molecular weight is 173 g/mol. The number of unbranched alkanes of at least 4 members (excludes halogenated alkanes) is 3. The van der Waals surface area contributed by atoms with Gasteiger partial charge in [-0.3, -0.25) is 9.59 Å². The fraction of sp³-hybridized carbons (Fsp3) is 0.750. The molecule has 0 saturated carbocycles. The molecule has 0 unspecified atom stereocenters. The van der Waals surface area contributed by atoms with E-state index in [1.54, 1.807) is 0 Å². The van der Waals surface area contributed by atoms with Gasteiger partial charge in [-0.1, -0.05) is 6.42 Å². The zero-order chi connectivity index (χ0) is 9.07. The Morgan fingerprint density at radius 1 is 1.08 bits per heavy atom. The van der Waals surface area contributed by atoms with Crippen molar-refractivity contribution in [2.45, 2.75) is 25.7 Å². The zero-order valence-electron chi connectivity index (χ0n) is 7.12. The Balaban J connectivity index is 2.81. The standard InChI is InChI=1S/C8H15NO3/c10-7-9-5-3-1-2-4-6-12-8-11/h7-8H,1-6H2,(H,9,10). The molecule has 12 heavy (non-hydrogen) atoms. The van der Waals surface area contributed by atoms with Gasteiger partial charge in [-0.2, -0.15) is 0 Å². The highest BCUT2D eigenvalue weighted by Gasteiger charge is 1.89. The molecule has 0 aromatic heterocycles. The van der Waals surface area contributed by atoms with Crippen molar-refractivity contribution in [2.75, 3.05) is 13.2 Å². The van der Waals surface area contributed by atoms with Crippen LogP contribution in [0.15, 0.2) is 0 Å². The second-order valence-electron chi connectivity index (χ2n) is 2.45. The lowest BCUT2D eigenvalue weighted by molar-refractivity contribution is -0.128. The Morgan fingerprint density at radius 3 is 2.50 bits per heavy atom. The maximum absolute atomic E-state index is 9.81. The molecule has 0 atom stereocenters. The maximum atomic E-state index is 9.81. The highest BCUT2D eigenvalue weighted by Crippen LogP contribution is 1.98. The summed E-state index contributed by atoms with van der Waals surface area (Å²) >= 11 is 0. The summed E-state index contributed by atoms with van der Waals surface area (Å²) in [7, 11) is 0. The van der Waals surface area contributed by atoms with E-state index in [0.29, 0.717) is 19.5 Å². The van der Waals surface area contributed by atoms with Gasteiger partial charge >= 0.3 is 0 Å². The smallest absolute Gasteiger partial charge is 0.293 e. The Bertz CT molecular complexity index is 103. The molecule has 0 fully saturated rings. The van der Waals surface area contributed by atoms with E-state index in [0.717, 1.165) is 32.2 Å². The lowest BCUT2D eigenvalue weighted by atomic mass is 10.2. The van der Waals surface area contributed by atoms with Gasteiger partial charge in [-0.25, -0.2) is 0 Å². The summed E-state index contributed by atoms with van der Waals surface area (Å²) in [5, 5.41) is 2.58. The second kappa shape index (κ2) is 9.94. The summed E-state index contributed by atoms with van der Waals surface area (Å²) in [6.07, 6.45) is 4.69. The highest BCUT2D eigenvalue weighted by molar-refractivity contribution is 5.45. The van der Waals surface area contributed by atoms with Crippen molar-refractivity contribution >= 4 is 12.9 Å². The van der Waals surface area contributed by atoms with Crippen LogP contribution in [0.25, 0.3) is 0 Å². The Labute approximate surface area is 72.3 Å². The third-order valence-electron chi connectivity index (χ3n) is 1.48. The van der Waals surface area contributed by atoms with Crippen molar-refractivity contribution in [3.63, 3.8) is 0 Å². The van der Waals surface area contributed by atoms with Crippen molar-refractivity contribution in [1.82, 2.24) is 5.32 Å². The Morgan fingerprint density at radius 2 is 1.83 bits per heavy atom. The predicted molar refractivity (Wildman–Crippen MR) is 44.6 cm³/mol. The van der Waals surface area contributed by atoms with Crippen LogP contribution in [0.2, 0.25) is 0 Å². The van der Waals surface area contributed by atoms with Crippen LogP contribution in [0.3, 0.4) is 0 Å². The molecule has 0 aliphatic carbocycles. The first kappa shape index (κ1) is 10.9. The van der Waals surface area contributed by atoms with E-state index in [9.17, 15) is 9.59 Å². The summed E-state index contributed by atoms with van der Waals surface area (Å²) in [4.78, 5) is 19.5. The van der Waals surface area contributed by atoms with Crippen molar-refractivity contribution in [1.29, 1.82) is 0 Å². The van der Waals surface area contributed by atoms with E-state index < -0.39 is 0 Å². The van der Waals surface area contributed by atoms with Gasteiger partial charge in [0.15, 0.2) is 0 Å². The number of carbonyl (C=O) groups excluding carboxylic acids is 2. The van der Waals surface area contributed by atoms with Gasteiger partial charge in [0.1, 0.15) is 0 Å². The van der Waals surface area contributed by atoms with E-state index >= 15 is 0 Å². The van der Waals surface area contributed by atoms with Gasteiger partial charge < -0.3 is 10.1 Å². The summed E-state index contributed by atoms with van der Waals surface area (Å²) in [6, 6.07) is 0. The fourth-order valence-electron chi connectivity index (χ4n) is 0.873. The molecule has 0 aromatic carbocycles. The van der Waals surface area contributed by atoms with Gasteiger partial charge in [-0.15, -0.1) is 0 Å². The van der Waals surface area contributed by atoms with Crippen LogP contribution in [0.1, 0.15) is 25.7 Å². The molecule has 0 bridgehead atoms. The molecule has 0 saturated heterocycles. The lowest BCUT2D eigenvalue weighted by Crippen LogP contribution is -2.11. The minimum atomic E-state index is 0.466. The number of amides is 1. The maximum Gasteiger partial charge on any atom is 0.293 e. The van der Waals surface area contributed by atoms with Gasteiger partial charge in [0, 0.05) is 6.54 Å².